The average molecular weight is 323 g/mol. The van der Waals surface area contributed by atoms with Crippen molar-refractivity contribution in [1.82, 2.24) is 15.4 Å². The van der Waals surface area contributed by atoms with Crippen LogP contribution in [0.25, 0.3) is 0 Å². The minimum Gasteiger partial charge on any atom is -0.357 e. The molecule has 1 unspecified atom stereocenters. The second-order valence-corrected chi connectivity index (χ2v) is 8.08. The van der Waals surface area contributed by atoms with E-state index in [2.05, 4.69) is 20.3 Å². The van der Waals surface area contributed by atoms with Gasteiger partial charge in [-0.3, -0.25) is 4.99 Å². The van der Waals surface area contributed by atoms with Crippen molar-refractivity contribution in [2.45, 2.75) is 31.9 Å². The van der Waals surface area contributed by atoms with Crippen molar-refractivity contribution in [1.29, 1.82) is 0 Å². The van der Waals surface area contributed by atoms with Crippen LogP contribution in [0.2, 0.25) is 0 Å². The number of guanidine groups is 1. The minimum absolute atomic E-state index is 0.111. The highest BCUT2D eigenvalue weighted by atomic mass is 32.2. The van der Waals surface area contributed by atoms with E-state index in [0.29, 0.717) is 18.3 Å². The Labute approximate surface area is 126 Å². The third kappa shape index (κ3) is 7.35. The van der Waals surface area contributed by atoms with E-state index < -0.39 is 10.0 Å². The molecule has 0 aliphatic carbocycles. The predicted molar refractivity (Wildman–Crippen MR) is 86.9 cm³/mol. The van der Waals surface area contributed by atoms with Crippen LogP contribution in [-0.2, 0) is 10.0 Å². The van der Waals surface area contributed by atoms with Gasteiger partial charge in [0.1, 0.15) is 0 Å². The molecule has 0 aromatic rings. The molecule has 0 radical (unpaired) electrons. The van der Waals surface area contributed by atoms with Gasteiger partial charge >= 0.3 is 0 Å². The standard InChI is InChI=1S/C12H26N4O2S2/c1-3-13-12(15-10-11-6-5-9-19-11)14-7-8-16-20(17,18)4-2/h11,16H,3-10H2,1-2H3,(H2,13,14,15). The van der Waals surface area contributed by atoms with Gasteiger partial charge in [-0.1, -0.05) is 0 Å². The molecule has 6 nitrogen and oxygen atoms in total. The second kappa shape index (κ2) is 9.46. The first-order valence-corrected chi connectivity index (χ1v) is 9.88. The topological polar surface area (TPSA) is 82.6 Å². The summed E-state index contributed by atoms with van der Waals surface area (Å²) in [5, 5.41) is 6.94. The highest BCUT2D eigenvalue weighted by Crippen LogP contribution is 2.25. The third-order valence-corrected chi connectivity index (χ3v) is 5.73. The van der Waals surface area contributed by atoms with Crippen molar-refractivity contribution in [2.24, 2.45) is 4.99 Å². The van der Waals surface area contributed by atoms with E-state index in [4.69, 9.17) is 0 Å². The van der Waals surface area contributed by atoms with Crippen LogP contribution in [0.4, 0.5) is 0 Å². The summed E-state index contributed by atoms with van der Waals surface area (Å²) in [7, 11) is -3.11. The van der Waals surface area contributed by atoms with Crippen molar-refractivity contribution in [3.8, 4) is 0 Å². The molecule has 118 valence electrons. The molecule has 1 heterocycles. The Bertz CT molecular complexity index is 392. The molecule has 1 fully saturated rings. The first-order chi connectivity index (χ1) is 9.57. The Balaban J connectivity index is 2.29. The van der Waals surface area contributed by atoms with E-state index >= 15 is 0 Å². The molecule has 1 rings (SSSR count). The first kappa shape index (κ1) is 17.6. The molecule has 20 heavy (non-hydrogen) atoms. The molecule has 0 spiro atoms. The Morgan fingerprint density at radius 1 is 1.30 bits per heavy atom. The van der Waals surface area contributed by atoms with E-state index in [0.717, 1.165) is 19.0 Å². The van der Waals surface area contributed by atoms with Crippen LogP contribution in [0.15, 0.2) is 4.99 Å². The van der Waals surface area contributed by atoms with Crippen LogP contribution in [0.3, 0.4) is 0 Å². The van der Waals surface area contributed by atoms with E-state index in [1.165, 1.54) is 18.6 Å². The van der Waals surface area contributed by atoms with E-state index in [1.54, 1.807) is 6.92 Å². The summed E-state index contributed by atoms with van der Waals surface area (Å²) in [5.74, 6) is 2.11. The van der Waals surface area contributed by atoms with E-state index in [-0.39, 0.29) is 5.75 Å². The molecule has 0 bridgehead atoms. The summed E-state index contributed by atoms with van der Waals surface area (Å²) >= 11 is 1.98. The maximum Gasteiger partial charge on any atom is 0.211 e. The first-order valence-electron chi connectivity index (χ1n) is 7.18. The Morgan fingerprint density at radius 2 is 2.10 bits per heavy atom. The second-order valence-electron chi connectivity index (χ2n) is 4.58. The number of thioether (sulfide) groups is 1. The predicted octanol–water partition coefficient (Wildman–Crippen LogP) is 0.376. The monoisotopic (exact) mass is 322 g/mol. The van der Waals surface area contributed by atoms with Gasteiger partial charge in [-0.05, 0) is 32.4 Å². The maximum atomic E-state index is 11.3. The highest BCUT2D eigenvalue weighted by molar-refractivity contribution is 8.00. The summed E-state index contributed by atoms with van der Waals surface area (Å²) in [5.41, 5.74) is 0. The summed E-state index contributed by atoms with van der Waals surface area (Å²) < 4.78 is 25.1. The molecule has 0 aromatic heterocycles. The Morgan fingerprint density at radius 3 is 2.70 bits per heavy atom. The van der Waals surface area contributed by atoms with Crippen LogP contribution < -0.4 is 15.4 Å². The van der Waals surface area contributed by atoms with Gasteiger partial charge in [0.25, 0.3) is 0 Å². The van der Waals surface area contributed by atoms with E-state index in [9.17, 15) is 8.42 Å². The number of aliphatic imine (C=N–C) groups is 1. The fourth-order valence-corrected chi connectivity index (χ4v) is 3.61. The highest BCUT2D eigenvalue weighted by Gasteiger charge is 2.14. The Kier molecular flexibility index (Phi) is 8.32. The van der Waals surface area contributed by atoms with Crippen molar-refractivity contribution >= 4 is 27.7 Å². The molecular weight excluding hydrogens is 296 g/mol. The molecule has 0 amide bonds. The molecule has 8 heteroatoms. The fourth-order valence-electron chi connectivity index (χ4n) is 1.81. The van der Waals surface area contributed by atoms with Crippen LogP contribution >= 0.6 is 11.8 Å². The molecule has 0 saturated carbocycles. The van der Waals surface area contributed by atoms with E-state index in [1.807, 2.05) is 18.7 Å². The number of nitrogens with one attached hydrogen (secondary N) is 3. The Hall–Kier alpha value is -0.470. The molecule has 1 aliphatic heterocycles. The summed E-state index contributed by atoms with van der Waals surface area (Å²) in [6.45, 7) is 6.16. The lowest BCUT2D eigenvalue weighted by molar-refractivity contribution is 0.582. The molecule has 1 atom stereocenters. The van der Waals surface area contributed by atoms with Gasteiger partial charge in [-0.15, -0.1) is 0 Å². The van der Waals surface area contributed by atoms with Crippen molar-refractivity contribution in [3.05, 3.63) is 0 Å². The van der Waals surface area contributed by atoms with Gasteiger partial charge < -0.3 is 10.6 Å². The van der Waals surface area contributed by atoms with Crippen molar-refractivity contribution in [2.75, 3.05) is 37.7 Å². The lowest BCUT2D eigenvalue weighted by Gasteiger charge is -2.13. The summed E-state index contributed by atoms with van der Waals surface area (Å²) in [4.78, 5) is 4.55. The zero-order chi connectivity index (χ0) is 14.8. The number of sulfonamides is 1. The zero-order valence-corrected chi connectivity index (χ0v) is 13.9. The number of nitrogens with zero attached hydrogens (tertiary/aromatic N) is 1. The van der Waals surface area contributed by atoms with Crippen LogP contribution in [0.1, 0.15) is 26.7 Å². The average Bonchev–Trinajstić information content (AvgIpc) is 2.94. The number of rotatable bonds is 8. The normalized spacial score (nSPS) is 20.1. The van der Waals surface area contributed by atoms with Gasteiger partial charge in [-0.2, -0.15) is 11.8 Å². The molecular formula is C12H26N4O2S2. The SMILES string of the molecule is CCNC(=NCC1CCCS1)NCCNS(=O)(=O)CC. The summed E-state index contributed by atoms with van der Waals surface area (Å²) in [6.07, 6.45) is 2.53. The quantitative estimate of drug-likeness (QED) is 0.342. The molecule has 1 aliphatic rings. The van der Waals surface area contributed by atoms with Gasteiger partial charge in [0.15, 0.2) is 5.96 Å². The van der Waals surface area contributed by atoms with Crippen molar-refractivity contribution in [3.63, 3.8) is 0 Å². The largest absolute Gasteiger partial charge is 0.357 e. The maximum absolute atomic E-state index is 11.3. The lowest BCUT2D eigenvalue weighted by atomic mass is 10.2. The zero-order valence-electron chi connectivity index (χ0n) is 12.3. The fraction of sp³-hybridized carbons (Fsp3) is 0.917. The smallest absolute Gasteiger partial charge is 0.211 e. The van der Waals surface area contributed by atoms with Gasteiger partial charge in [0.2, 0.25) is 10.0 Å². The number of hydrogen-bond acceptors (Lipinski definition) is 4. The minimum atomic E-state index is -3.11. The van der Waals surface area contributed by atoms with Crippen LogP contribution in [0.5, 0.6) is 0 Å². The van der Waals surface area contributed by atoms with Crippen molar-refractivity contribution < 1.29 is 8.42 Å². The summed E-state index contributed by atoms with van der Waals surface area (Å²) in [6, 6.07) is 0. The lowest BCUT2D eigenvalue weighted by Crippen LogP contribution is -2.42. The molecule has 3 N–H and O–H groups in total. The van der Waals surface area contributed by atoms with Crippen LogP contribution in [0, 0.1) is 0 Å². The molecule has 0 aromatic carbocycles. The van der Waals surface area contributed by atoms with Gasteiger partial charge in [-0.25, -0.2) is 13.1 Å². The van der Waals surface area contributed by atoms with Crippen LogP contribution in [-0.4, -0.2) is 57.3 Å². The van der Waals surface area contributed by atoms with Gasteiger partial charge in [0, 0.05) is 24.9 Å². The number of hydrogen-bond donors (Lipinski definition) is 3. The van der Waals surface area contributed by atoms with Gasteiger partial charge in [0.05, 0.1) is 12.3 Å². The molecule has 1 saturated heterocycles. The third-order valence-electron chi connectivity index (χ3n) is 2.94.